The molecule has 0 saturated carbocycles. The van der Waals surface area contributed by atoms with Crippen LogP contribution < -0.4 is 16.4 Å². The van der Waals surface area contributed by atoms with E-state index in [1.165, 1.54) is 4.88 Å². The van der Waals surface area contributed by atoms with Crippen LogP contribution in [0.25, 0.3) is 0 Å². The number of benzene rings is 1. The van der Waals surface area contributed by atoms with E-state index in [0.717, 1.165) is 32.8 Å². The molecule has 0 saturated heterocycles. The molecule has 0 bridgehead atoms. The largest absolute Gasteiger partial charge is 0.397 e. The van der Waals surface area contributed by atoms with Gasteiger partial charge in [-0.25, -0.2) is 0 Å². The Morgan fingerprint density at radius 3 is 2.95 bits per heavy atom. The summed E-state index contributed by atoms with van der Waals surface area (Å²) in [5, 5.41) is 6.21. The van der Waals surface area contributed by atoms with Crippen molar-refractivity contribution in [2.45, 2.75) is 19.4 Å². The van der Waals surface area contributed by atoms with Crippen molar-refractivity contribution in [3.63, 3.8) is 0 Å². The normalized spacial score (nSPS) is 13.8. The van der Waals surface area contributed by atoms with Gasteiger partial charge < -0.3 is 16.4 Å². The smallest absolute Gasteiger partial charge is 0.224 e. The van der Waals surface area contributed by atoms with Crippen molar-refractivity contribution in [2.24, 2.45) is 0 Å². The zero-order chi connectivity index (χ0) is 14.1. The Morgan fingerprint density at radius 2 is 2.20 bits per heavy atom. The molecule has 1 aromatic carbocycles. The van der Waals surface area contributed by atoms with Crippen molar-refractivity contribution in [3.05, 3.63) is 38.5 Å². The van der Waals surface area contributed by atoms with Crippen LogP contribution in [0, 0.1) is 0 Å². The van der Waals surface area contributed by atoms with E-state index in [2.05, 4.69) is 32.6 Å². The quantitative estimate of drug-likeness (QED) is 0.740. The molecule has 0 unspecified atom stereocenters. The van der Waals surface area contributed by atoms with Crippen molar-refractivity contribution in [3.8, 4) is 0 Å². The highest BCUT2D eigenvalue weighted by Crippen LogP contribution is 2.32. The molecule has 104 valence electrons. The second-order valence-electron chi connectivity index (χ2n) is 4.70. The van der Waals surface area contributed by atoms with Gasteiger partial charge >= 0.3 is 0 Å². The van der Waals surface area contributed by atoms with Crippen LogP contribution in [-0.4, -0.2) is 5.91 Å². The molecule has 4 nitrogen and oxygen atoms in total. The van der Waals surface area contributed by atoms with Crippen molar-refractivity contribution in [2.75, 3.05) is 16.4 Å². The first-order chi connectivity index (χ1) is 9.61. The highest BCUT2D eigenvalue weighted by molar-refractivity contribution is 9.11. The lowest BCUT2D eigenvalue weighted by molar-refractivity contribution is -0.116. The van der Waals surface area contributed by atoms with Crippen LogP contribution in [0.1, 0.15) is 16.9 Å². The summed E-state index contributed by atoms with van der Waals surface area (Å²) in [7, 11) is 0. The highest BCUT2D eigenvalue weighted by atomic mass is 79.9. The monoisotopic (exact) mass is 351 g/mol. The number of nitrogens with one attached hydrogen (secondary N) is 2. The molecule has 4 N–H and O–H groups in total. The Morgan fingerprint density at radius 1 is 1.35 bits per heavy atom. The third-order valence-electron chi connectivity index (χ3n) is 3.25. The topological polar surface area (TPSA) is 67.2 Å². The van der Waals surface area contributed by atoms with E-state index in [-0.39, 0.29) is 5.91 Å². The van der Waals surface area contributed by atoms with Crippen molar-refractivity contribution < 1.29 is 4.79 Å². The van der Waals surface area contributed by atoms with Gasteiger partial charge in [0, 0.05) is 23.5 Å². The second-order valence-corrected chi connectivity index (χ2v) is 7.25. The van der Waals surface area contributed by atoms with E-state index < -0.39 is 0 Å². The molecule has 3 rings (SSSR count). The number of carbonyl (C=O) groups excluding carboxylic acids is 1. The second kappa shape index (κ2) is 5.46. The van der Waals surface area contributed by atoms with E-state index in [9.17, 15) is 4.79 Å². The first kappa shape index (κ1) is 13.5. The number of anilines is 3. The summed E-state index contributed by atoms with van der Waals surface area (Å²) in [5.74, 6) is 0.0652. The lowest BCUT2D eigenvalue weighted by atomic mass is 10.0. The standard InChI is InChI=1S/C14H14BrN3OS/c15-13-3-2-9(20-13)7-17-12-6-11-8(5-10(12)16)1-4-14(19)18-11/h2-3,5-6,17H,1,4,7,16H2,(H,18,19). The molecule has 1 aliphatic heterocycles. The van der Waals surface area contributed by atoms with Crippen LogP contribution in [0.3, 0.4) is 0 Å². The molecule has 1 aliphatic rings. The summed E-state index contributed by atoms with van der Waals surface area (Å²) >= 11 is 5.13. The number of thiophene rings is 1. The van der Waals surface area contributed by atoms with Gasteiger partial charge in [0.15, 0.2) is 0 Å². The first-order valence-corrected chi connectivity index (χ1v) is 7.93. The molecule has 0 spiro atoms. The molecular formula is C14H14BrN3OS. The average Bonchev–Trinajstić information content (AvgIpc) is 2.83. The van der Waals surface area contributed by atoms with Gasteiger partial charge in [-0.2, -0.15) is 0 Å². The molecule has 0 radical (unpaired) electrons. The van der Waals surface area contributed by atoms with E-state index in [0.29, 0.717) is 13.0 Å². The SMILES string of the molecule is Nc1cc2c(cc1NCc1ccc(Br)s1)NC(=O)CC2. The molecule has 2 heterocycles. The van der Waals surface area contributed by atoms with E-state index >= 15 is 0 Å². The molecular weight excluding hydrogens is 338 g/mol. The van der Waals surface area contributed by atoms with Crippen molar-refractivity contribution in [1.82, 2.24) is 0 Å². The maximum absolute atomic E-state index is 11.4. The molecule has 1 amide bonds. The third-order valence-corrected chi connectivity index (χ3v) is 4.88. The minimum atomic E-state index is 0.0652. The van der Waals surface area contributed by atoms with Crippen molar-refractivity contribution in [1.29, 1.82) is 0 Å². The van der Waals surface area contributed by atoms with Crippen molar-refractivity contribution >= 4 is 50.2 Å². The van der Waals surface area contributed by atoms with Crippen LogP contribution in [-0.2, 0) is 17.8 Å². The molecule has 20 heavy (non-hydrogen) atoms. The molecule has 2 aromatic rings. The lowest BCUT2D eigenvalue weighted by Gasteiger charge is -2.19. The van der Waals surface area contributed by atoms with Crippen LogP contribution in [0.15, 0.2) is 28.1 Å². The Bertz CT molecular complexity index is 668. The number of nitrogens with two attached hydrogens (primary N) is 1. The van der Waals surface area contributed by atoms with Gasteiger partial charge in [-0.3, -0.25) is 4.79 Å². The Hall–Kier alpha value is -1.53. The van der Waals surface area contributed by atoms with Crippen LogP contribution in [0.4, 0.5) is 17.1 Å². The summed E-state index contributed by atoms with van der Waals surface area (Å²) in [5.41, 5.74) is 9.61. The minimum Gasteiger partial charge on any atom is -0.397 e. The van der Waals surface area contributed by atoms with Gasteiger partial charge in [0.25, 0.3) is 0 Å². The van der Waals surface area contributed by atoms with Gasteiger partial charge in [0.05, 0.1) is 15.2 Å². The number of fused-ring (bicyclic) bond motifs is 1. The Kier molecular flexibility index (Phi) is 3.67. The predicted octanol–water partition coefficient (Wildman–Crippen LogP) is 3.59. The van der Waals surface area contributed by atoms with Gasteiger partial charge in [-0.05, 0) is 52.2 Å². The fraction of sp³-hybridized carbons (Fsp3) is 0.214. The molecule has 0 atom stereocenters. The Balaban J connectivity index is 1.79. The molecule has 6 heteroatoms. The highest BCUT2D eigenvalue weighted by Gasteiger charge is 2.16. The number of aryl methyl sites for hydroxylation is 1. The summed E-state index contributed by atoms with van der Waals surface area (Å²) in [6.45, 7) is 0.715. The van der Waals surface area contributed by atoms with E-state index in [1.54, 1.807) is 11.3 Å². The fourth-order valence-electron chi connectivity index (χ4n) is 2.23. The summed E-state index contributed by atoms with van der Waals surface area (Å²) < 4.78 is 1.11. The van der Waals surface area contributed by atoms with Gasteiger partial charge in [0.2, 0.25) is 5.91 Å². The average molecular weight is 352 g/mol. The first-order valence-electron chi connectivity index (χ1n) is 6.32. The number of halogens is 1. The van der Waals surface area contributed by atoms with Crippen LogP contribution >= 0.6 is 27.3 Å². The number of hydrogen-bond donors (Lipinski definition) is 3. The van der Waals surface area contributed by atoms with Gasteiger partial charge in [-0.15, -0.1) is 11.3 Å². The summed E-state index contributed by atoms with van der Waals surface area (Å²) in [6, 6.07) is 7.96. The number of amides is 1. The summed E-state index contributed by atoms with van der Waals surface area (Å²) in [6.07, 6.45) is 1.28. The number of rotatable bonds is 3. The maximum atomic E-state index is 11.4. The molecule has 0 fully saturated rings. The number of nitrogen functional groups attached to an aromatic ring is 1. The minimum absolute atomic E-state index is 0.0652. The number of carbonyl (C=O) groups is 1. The predicted molar refractivity (Wildman–Crippen MR) is 87.2 cm³/mol. The van der Waals surface area contributed by atoms with Gasteiger partial charge in [0.1, 0.15) is 0 Å². The summed E-state index contributed by atoms with van der Waals surface area (Å²) in [4.78, 5) is 12.7. The van der Waals surface area contributed by atoms with Crippen LogP contribution in [0.2, 0.25) is 0 Å². The zero-order valence-electron chi connectivity index (χ0n) is 10.7. The lowest BCUT2D eigenvalue weighted by Crippen LogP contribution is -2.19. The van der Waals surface area contributed by atoms with E-state index in [4.69, 9.17) is 5.73 Å². The fourth-order valence-corrected chi connectivity index (χ4v) is 3.65. The Labute approximate surface area is 129 Å². The zero-order valence-corrected chi connectivity index (χ0v) is 13.1. The third kappa shape index (κ3) is 2.81. The van der Waals surface area contributed by atoms with E-state index in [1.807, 2.05) is 18.2 Å². The van der Waals surface area contributed by atoms with Gasteiger partial charge in [-0.1, -0.05) is 0 Å². The molecule has 1 aromatic heterocycles. The molecule has 0 aliphatic carbocycles. The number of hydrogen-bond acceptors (Lipinski definition) is 4. The van der Waals surface area contributed by atoms with Crippen LogP contribution in [0.5, 0.6) is 0 Å². The maximum Gasteiger partial charge on any atom is 0.224 e.